The van der Waals surface area contributed by atoms with Crippen molar-refractivity contribution in [3.05, 3.63) is 65.7 Å². The van der Waals surface area contributed by atoms with E-state index in [0.717, 1.165) is 49.9 Å². The van der Waals surface area contributed by atoms with Crippen molar-refractivity contribution in [3.63, 3.8) is 0 Å². The number of ether oxygens (including phenoxy) is 2. The first-order chi connectivity index (χ1) is 12.8. The van der Waals surface area contributed by atoms with Gasteiger partial charge in [-0.1, -0.05) is 42.5 Å². The molecule has 0 aliphatic carbocycles. The van der Waals surface area contributed by atoms with Crippen molar-refractivity contribution in [1.82, 2.24) is 10.6 Å². The van der Waals surface area contributed by atoms with Crippen LogP contribution in [-0.2, 0) is 17.7 Å². The molecule has 0 saturated heterocycles. The van der Waals surface area contributed by atoms with Gasteiger partial charge in [-0.25, -0.2) is 0 Å². The van der Waals surface area contributed by atoms with Gasteiger partial charge >= 0.3 is 0 Å². The zero-order chi connectivity index (χ0) is 18.5. The molecule has 2 N–H and O–H groups in total. The summed E-state index contributed by atoms with van der Waals surface area (Å²) in [6, 6.07) is 18.4. The molecule has 2 aromatic rings. The topological polar surface area (TPSA) is 54.9 Å². The third-order valence-corrected chi connectivity index (χ3v) is 3.95. The summed E-state index contributed by atoms with van der Waals surface area (Å²) in [6.07, 6.45) is 1.90. The molecule has 0 spiro atoms. The minimum atomic E-state index is 0.699. The minimum absolute atomic E-state index is 0.699. The van der Waals surface area contributed by atoms with E-state index in [9.17, 15) is 0 Å². The van der Waals surface area contributed by atoms with E-state index in [-0.39, 0.29) is 0 Å². The number of aliphatic imine (C=N–C) groups is 1. The van der Waals surface area contributed by atoms with Crippen molar-refractivity contribution in [1.29, 1.82) is 0 Å². The molecule has 0 aliphatic heterocycles. The summed E-state index contributed by atoms with van der Waals surface area (Å²) in [5.41, 5.74) is 2.46. The van der Waals surface area contributed by atoms with Crippen LogP contribution in [0.5, 0.6) is 5.75 Å². The number of benzene rings is 2. The molecule has 26 heavy (non-hydrogen) atoms. The van der Waals surface area contributed by atoms with Crippen LogP contribution in [0, 0.1) is 0 Å². The highest BCUT2D eigenvalue weighted by atomic mass is 16.5. The first kappa shape index (κ1) is 19.8. The maximum Gasteiger partial charge on any atom is 0.191 e. The van der Waals surface area contributed by atoms with E-state index in [1.54, 1.807) is 14.2 Å². The summed E-state index contributed by atoms with van der Waals surface area (Å²) < 4.78 is 10.9. The van der Waals surface area contributed by atoms with Gasteiger partial charge in [-0.05, 0) is 36.1 Å². The highest BCUT2D eigenvalue weighted by Gasteiger charge is 2.00. The number of rotatable bonds is 10. The van der Waals surface area contributed by atoms with Crippen LogP contribution in [0.3, 0.4) is 0 Å². The molecule has 0 aliphatic rings. The Balaban J connectivity index is 1.55. The van der Waals surface area contributed by atoms with Crippen molar-refractivity contribution in [2.24, 2.45) is 4.99 Å². The second-order valence-electron chi connectivity index (χ2n) is 5.91. The summed E-state index contributed by atoms with van der Waals surface area (Å²) in [5.74, 6) is 1.65. The standard InChI is InChI=1S/C21H29N3O2/c1-22-21(24-17-19-10-6-11-20(16-19)25-2)23-13-7-14-26-15-12-18-8-4-3-5-9-18/h3-6,8-11,16H,7,12-15,17H2,1-2H3,(H2,22,23,24). The third-order valence-electron chi connectivity index (χ3n) is 3.95. The zero-order valence-electron chi connectivity index (χ0n) is 15.7. The first-order valence-corrected chi connectivity index (χ1v) is 9.01. The van der Waals surface area contributed by atoms with Crippen LogP contribution in [0.25, 0.3) is 0 Å². The number of nitrogens with zero attached hydrogens (tertiary/aromatic N) is 1. The van der Waals surface area contributed by atoms with Crippen molar-refractivity contribution >= 4 is 5.96 Å². The molecular weight excluding hydrogens is 326 g/mol. The Hall–Kier alpha value is -2.53. The van der Waals surface area contributed by atoms with E-state index >= 15 is 0 Å². The smallest absolute Gasteiger partial charge is 0.191 e. The predicted octanol–water partition coefficient (Wildman–Crippen LogP) is 3.01. The molecule has 5 nitrogen and oxygen atoms in total. The maximum absolute atomic E-state index is 5.69. The van der Waals surface area contributed by atoms with Crippen LogP contribution >= 0.6 is 0 Å². The number of hydrogen-bond acceptors (Lipinski definition) is 3. The minimum Gasteiger partial charge on any atom is -0.497 e. The van der Waals surface area contributed by atoms with Crippen molar-refractivity contribution in [3.8, 4) is 5.75 Å². The number of methoxy groups -OCH3 is 1. The van der Waals surface area contributed by atoms with E-state index in [4.69, 9.17) is 9.47 Å². The number of nitrogens with one attached hydrogen (secondary N) is 2. The largest absolute Gasteiger partial charge is 0.497 e. The number of hydrogen-bond donors (Lipinski definition) is 2. The van der Waals surface area contributed by atoms with Gasteiger partial charge in [0.05, 0.1) is 13.7 Å². The molecule has 0 saturated carbocycles. The molecular formula is C21H29N3O2. The van der Waals surface area contributed by atoms with E-state index in [1.807, 2.05) is 24.3 Å². The Labute approximate surface area is 156 Å². The van der Waals surface area contributed by atoms with Gasteiger partial charge in [0.2, 0.25) is 0 Å². The van der Waals surface area contributed by atoms with Crippen LogP contribution in [-0.4, -0.2) is 39.9 Å². The van der Waals surface area contributed by atoms with Gasteiger partial charge in [0, 0.05) is 26.7 Å². The fourth-order valence-electron chi connectivity index (χ4n) is 2.51. The second-order valence-corrected chi connectivity index (χ2v) is 5.91. The summed E-state index contributed by atoms with van der Waals surface area (Å²) in [7, 11) is 3.45. The molecule has 0 unspecified atom stereocenters. The zero-order valence-corrected chi connectivity index (χ0v) is 15.7. The Bertz CT molecular complexity index is 659. The maximum atomic E-state index is 5.69. The van der Waals surface area contributed by atoms with E-state index in [2.05, 4.69) is 46.0 Å². The normalized spacial score (nSPS) is 11.2. The van der Waals surface area contributed by atoms with Gasteiger partial charge in [0.15, 0.2) is 5.96 Å². The molecule has 0 amide bonds. The van der Waals surface area contributed by atoms with Gasteiger partial charge in [-0.3, -0.25) is 4.99 Å². The Morgan fingerprint density at radius 3 is 2.54 bits per heavy atom. The Morgan fingerprint density at radius 2 is 1.77 bits per heavy atom. The third kappa shape index (κ3) is 7.57. The van der Waals surface area contributed by atoms with Crippen LogP contribution in [0.2, 0.25) is 0 Å². The van der Waals surface area contributed by atoms with Crippen molar-refractivity contribution in [2.75, 3.05) is 33.9 Å². The fourth-order valence-corrected chi connectivity index (χ4v) is 2.51. The lowest BCUT2D eigenvalue weighted by Crippen LogP contribution is -2.37. The molecule has 2 rings (SSSR count). The molecule has 0 heterocycles. The van der Waals surface area contributed by atoms with Gasteiger partial charge in [-0.2, -0.15) is 0 Å². The molecule has 0 aromatic heterocycles. The summed E-state index contributed by atoms with van der Waals surface area (Å²) >= 11 is 0. The highest BCUT2D eigenvalue weighted by molar-refractivity contribution is 5.79. The Kier molecular flexibility index (Phi) is 9.08. The second kappa shape index (κ2) is 11.9. The lowest BCUT2D eigenvalue weighted by atomic mass is 10.2. The average Bonchev–Trinajstić information content (AvgIpc) is 2.70. The van der Waals surface area contributed by atoms with Gasteiger partial charge in [0.1, 0.15) is 5.75 Å². The van der Waals surface area contributed by atoms with E-state index < -0.39 is 0 Å². The average molecular weight is 355 g/mol. The predicted molar refractivity (Wildman–Crippen MR) is 107 cm³/mol. The van der Waals surface area contributed by atoms with E-state index in [1.165, 1.54) is 5.56 Å². The molecule has 0 radical (unpaired) electrons. The summed E-state index contributed by atoms with van der Waals surface area (Å²) in [6.45, 7) is 3.02. The monoisotopic (exact) mass is 355 g/mol. The van der Waals surface area contributed by atoms with Crippen LogP contribution in [0.15, 0.2) is 59.6 Å². The molecule has 140 valence electrons. The molecule has 2 aromatic carbocycles. The number of guanidine groups is 1. The van der Waals surface area contributed by atoms with Crippen molar-refractivity contribution < 1.29 is 9.47 Å². The molecule has 5 heteroatoms. The lowest BCUT2D eigenvalue weighted by molar-refractivity contribution is 0.135. The highest BCUT2D eigenvalue weighted by Crippen LogP contribution is 2.11. The van der Waals surface area contributed by atoms with E-state index in [0.29, 0.717) is 6.54 Å². The lowest BCUT2D eigenvalue weighted by Gasteiger charge is -2.12. The fraction of sp³-hybridized carbons (Fsp3) is 0.381. The van der Waals surface area contributed by atoms with Gasteiger partial charge < -0.3 is 20.1 Å². The van der Waals surface area contributed by atoms with Crippen LogP contribution < -0.4 is 15.4 Å². The van der Waals surface area contributed by atoms with Crippen molar-refractivity contribution in [2.45, 2.75) is 19.4 Å². The Morgan fingerprint density at radius 1 is 0.962 bits per heavy atom. The van der Waals surface area contributed by atoms with Crippen LogP contribution in [0.4, 0.5) is 0 Å². The summed E-state index contributed by atoms with van der Waals surface area (Å²) in [4.78, 5) is 4.24. The molecule has 0 atom stereocenters. The van der Waals surface area contributed by atoms with Gasteiger partial charge in [-0.15, -0.1) is 0 Å². The first-order valence-electron chi connectivity index (χ1n) is 9.01. The van der Waals surface area contributed by atoms with Crippen LogP contribution in [0.1, 0.15) is 17.5 Å². The van der Waals surface area contributed by atoms with Gasteiger partial charge in [0.25, 0.3) is 0 Å². The SMILES string of the molecule is CN=C(NCCCOCCc1ccccc1)NCc1cccc(OC)c1. The molecule has 0 fully saturated rings. The molecule has 0 bridgehead atoms. The summed E-state index contributed by atoms with van der Waals surface area (Å²) in [5, 5.41) is 6.61. The quantitative estimate of drug-likeness (QED) is 0.391.